The smallest absolute Gasteiger partial charge is 0.352 e. The molecule has 6 nitrogen and oxygen atoms in total. The molecule has 0 unspecified atom stereocenters. The average molecular weight is 501 g/mol. The van der Waals surface area contributed by atoms with Crippen LogP contribution in [0.15, 0.2) is 18.2 Å². The van der Waals surface area contributed by atoms with Gasteiger partial charge < -0.3 is 10.2 Å². The molecule has 186 valence electrons. The van der Waals surface area contributed by atoms with E-state index in [1.165, 1.54) is 0 Å². The summed E-state index contributed by atoms with van der Waals surface area (Å²) in [6, 6.07) is 0.809. The van der Waals surface area contributed by atoms with Crippen molar-refractivity contribution < 1.29 is 39.6 Å². The van der Waals surface area contributed by atoms with Crippen molar-refractivity contribution in [3.05, 3.63) is 34.9 Å². The monoisotopic (exact) mass is 501 g/mol. The molecule has 13 heteroatoms. The van der Waals surface area contributed by atoms with E-state index >= 15 is 0 Å². The molecule has 1 aromatic rings. The summed E-state index contributed by atoms with van der Waals surface area (Å²) >= 11 is 0. The van der Waals surface area contributed by atoms with Crippen molar-refractivity contribution in [2.45, 2.75) is 43.3 Å². The van der Waals surface area contributed by atoms with Crippen LogP contribution in [0.1, 0.15) is 47.2 Å². The zero-order valence-corrected chi connectivity index (χ0v) is 18.4. The van der Waals surface area contributed by atoms with Gasteiger partial charge in [0.25, 0.3) is 5.91 Å². The molecule has 0 bridgehead atoms. The first-order valence-corrected chi connectivity index (χ1v) is 12.1. The fourth-order valence-electron chi connectivity index (χ4n) is 3.68. The number of benzene rings is 1. The molecule has 0 radical (unpaired) electrons. The number of likely N-dealkylation sites (tertiary alicyclic amines) is 1. The quantitative estimate of drug-likeness (QED) is 0.537. The number of halogens is 6. The molecule has 1 aliphatic heterocycles. The zero-order valence-electron chi connectivity index (χ0n) is 17.6. The first-order chi connectivity index (χ1) is 15.3. The standard InChI is InChI=1S/C20H25F6N3O3S/c21-19(22,23)15-9-14(10-16(11-15)20(24,25)26)18(30)27-12-13-3-6-29(7-4-13)8-5-28-33(31,32)17-1-2-17/h9-11,13,17,28H,1-8,12H2,(H,27,30). The van der Waals surface area contributed by atoms with Gasteiger partial charge in [-0.25, -0.2) is 13.1 Å². The number of carbonyl (C=O) groups is 1. The second-order valence-corrected chi connectivity index (χ2v) is 10.5. The van der Waals surface area contributed by atoms with Crippen LogP contribution >= 0.6 is 0 Å². The van der Waals surface area contributed by atoms with Crippen molar-refractivity contribution in [3.8, 4) is 0 Å². The molecule has 0 aromatic heterocycles. The second-order valence-electron chi connectivity index (χ2n) is 8.43. The van der Waals surface area contributed by atoms with Gasteiger partial charge >= 0.3 is 12.4 Å². The zero-order chi connectivity index (χ0) is 24.4. The topological polar surface area (TPSA) is 78.5 Å². The summed E-state index contributed by atoms with van der Waals surface area (Å²) in [6.45, 7) is 2.26. The van der Waals surface area contributed by atoms with Crippen molar-refractivity contribution in [2.24, 2.45) is 5.92 Å². The van der Waals surface area contributed by atoms with Crippen LogP contribution in [-0.2, 0) is 22.4 Å². The number of alkyl halides is 6. The minimum Gasteiger partial charge on any atom is -0.352 e. The predicted octanol–water partition coefficient (Wildman–Crippen LogP) is 3.25. The molecule has 1 heterocycles. The van der Waals surface area contributed by atoms with Gasteiger partial charge in [-0.1, -0.05) is 0 Å². The van der Waals surface area contributed by atoms with E-state index in [9.17, 15) is 39.6 Å². The molecule has 1 aliphatic carbocycles. The van der Waals surface area contributed by atoms with Gasteiger partial charge in [-0.15, -0.1) is 0 Å². The van der Waals surface area contributed by atoms with E-state index in [1.54, 1.807) is 0 Å². The van der Waals surface area contributed by atoms with Crippen LogP contribution < -0.4 is 10.0 Å². The van der Waals surface area contributed by atoms with E-state index in [1.807, 2.05) is 0 Å². The van der Waals surface area contributed by atoms with Crippen molar-refractivity contribution in [2.75, 3.05) is 32.7 Å². The van der Waals surface area contributed by atoms with Gasteiger partial charge in [-0.2, -0.15) is 26.3 Å². The highest BCUT2D eigenvalue weighted by molar-refractivity contribution is 7.90. The fourth-order valence-corrected chi connectivity index (χ4v) is 5.05. The summed E-state index contributed by atoms with van der Waals surface area (Å²) in [6.07, 6.45) is -7.35. The Morgan fingerprint density at radius 2 is 1.48 bits per heavy atom. The molecule has 33 heavy (non-hydrogen) atoms. The van der Waals surface area contributed by atoms with Crippen molar-refractivity contribution >= 4 is 15.9 Å². The lowest BCUT2D eigenvalue weighted by atomic mass is 9.96. The molecule has 3 rings (SSSR count). The molecule has 0 spiro atoms. The number of piperidine rings is 1. The van der Waals surface area contributed by atoms with Crippen molar-refractivity contribution in [1.29, 1.82) is 0 Å². The molecule has 1 amide bonds. The van der Waals surface area contributed by atoms with E-state index in [0.29, 0.717) is 64.0 Å². The van der Waals surface area contributed by atoms with Gasteiger partial charge in [0.15, 0.2) is 0 Å². The molecule has 0 atom stereocenters. The maximum Gasteiger partial charge on any atom is 0.416 e. The van der Waals surface area contributed by atoms with Gasteiger partial charge in [-0.05, 0) is 62.9 Å². The van der Waals surface area contributed by atoms with Crippen LogP contribution in [0.25, 0.3) is 0 Å². The highest BCUT2D eigenvalue weighted by Gasteiger charge is 2.38. The highest BCUT2D eigenvalue weighted by Crippen LogP contribution is 2.36. The third-order valence-corrected chi connectivity index (χ3v) is 7.76. The summed E-state index contributed by atoms with van der Waals surface area (Å²) in [7, 11) is -3.23. The molecular formula is C20H25F6N3O3S. The van der Waals surface area contributed by atoms with Crippen LogP contribution in [0.4, 0.5) is 26.3 Å². The maximum atomic E-state index is 13.0. The number of hydrogen-bond acceptors (Lipinski definition) is 4. The molecule has 1 saturated heterocycles. The lowest BCUT2D eigenvalue weighted by Gasteiger charge is -2.32. The first kappa shape index (κ1) is 25.8. The number of sulfonamides is 1. The van der Waals surface area contributed by atoms with E-state index in [4.69, 9.17) is 0 Å². The van der Waals surface area contributed by atoms with Crippen LogP contribution in [0.2, 0.25) is 0 Å². The van der Waals surface area contributed by atoms with Gasteiger partial charge in [-0.3, -0.25) is 4.79 Å². The molecule has 2 fully saturated rings. The third-order valence-electron chi connectivity index (χ3n) is 5.80. The normalized spacial score (nSPS) is 19.0. The lowest BCUT2D eigenvalue weighted by molar-refractivity contribution is -0.143. The number of carbonyl (C=O) groups excluding carboxylic acids is 1. The summed E-state index contributed by atoms with van der Waals surface area (Å²) < 4.78 is 104. The Kier molecular flexibility index (Phi) is 7.64. The number of nitrogens with one attached hydrogen (secondary N) is 2. The average Bonchev–Trinajstić information content (AvgIpc) is 3.57. The van der Waals surface area contributed by atoms with Gasteiger partial charge in [0, 0.05) is 25.2 Å². The highest BCUT2D eigenvalue weighted by atomic mass is 32.2. The Balaban J connectivity index is 1.48. The Bertz CT molecular complexity index is 921. The molecule has 2 aliphatic rings. The number of rotatable bonds is 8. The van der Waals surface area contributed by atoms with Crippen LogP contribution in [0, 0.1) is 5.92 Å². The van der Waals surface area contributed by atoms with Crippen molar-refractivity contribution in [3.63, 3.8) is 0 Å². The Hall–Kier alpha value is -1.86. The summed E-state index contributed by atoms with van der Waals surface area (Å²) in [5, 5.41) is 2.16. The minimum absolute atomic E-state index is 0.0150. The SMILES string of the molecule is O=C(NCC1CCN(CCNS(=O)(=O)C2CC2)CC1)c1cc(C(F)(F)F)cc(C(F)(F)F)c1. The second kappa shape index (κ2) is 9.79. The Labute approximate surface area is 187 Å². The largest absolute Gasteiger partial charge is 0.416 e. The van der Waals surface area contributed by atoms with E-state index < -0.39 is 45.0 Å². The Morgan fingerprint density at radius 1 is 0.939 bits per heavy atom. The van der Waals surface area contributed by atoms with Crippen LogP contribution in [0.3, 0.4) is 0 Å². The van der Waals surface area contributed by atoms with Crippen LogP contribution in [0.5, 0.6) is 0 Å². The molecule has 1 saturated carbocycles. The van der Waals surface area contributed by atoms with Crippen LogP contribution in [-0.4, -0.2) is 57.2 Å². The number of hydrogen-bond donors (Lipinski definition) is 2. The molecule has 1 aromatic carbocycles. The van der Waals surface area contributed by atoms with Crippen molar-refractivity contribution in [1.82, 2.24) is 14.9 Å². The predicted molar refractivity (Wildman–Crippen MR) is 108 cm³/mol. The van der Waals surface area contributed by atoms with Gasteiger partial charge in [0.2, 0.25) is 10.0 Å². The van der Waals surface area contributed by atoms with Gasteiger partial charge in [0.1, 0.15) is 0 Å². The van der Waals surface area contributed by atoms with E-state index in [-0.39, 0.29) is 23.8 Å². The summed E-state index contributed by atoms with van der Waals surface area (Å²) in [5.41, 5.74) is -3.77. The Morgan fingerprint density at radius 3 is 1.97 bits per heavy atom. The molecule has 2 N–H and O–H groups in total. The number of nitrogens with zero attached hydrogens (tertiary/aromatic N) is 1. The summed E-state index contributed by atoms with van der Waals surface area (Å²) in [4.78, 5) is 14.3. The van der Waals surface area contributed by atoms with E-state index in [0.717, 1.165) is 0 Å². The maximum absolute atomic E-state index is 13.0. The number of amides is 1. The van der Waals surface area contributed by atoms with Gasteiger partial charge in [0.05, 0.1) is 16.4 Å². The third kappa shape index (κ3) is 7.31. The summed E-state index contributed by atoms with van der Waals surface area (Å²) in [5.74, 6) is -0.982. The lowest BCUT2D eigenvalue weighted by Crippen LogP contribution is -2.42. The molecular weight excluding hydrogens is 476 g/mol. The minimum atomic E-state index is -5.02. The van der Waals surface area contributed by atoms with E-state index in [2.05, 4.69) is 14.9 Å². The first-order valence-electron chi connectivity index (χ1n) is 10.5. The fraction of sp³-hybridized carbons (Fsp3) is 0.650.